The molecule has 0 unspecified atom stereocenters. The van der Waals surface area contributed by atoms with Crippen molar-refractivity contribution in [1.29, 1.82) is 0 Å². The third-order valence-electron chi connectivity index (χ3n) is 2.16. The number of alkyl halides is 6. The standard InChI is InChI=1S/C8H15F6NO6S2Si/c1-3-5-20-24(21-6-4-2)15(22(16,17)7(9,10)11)23(18,19)8(12,13)14/h24H,3-6H2,1-2H3. The summed E-state index contributed by atoms with van der Waals surface area (Å²) in [5.74, 6) is 0. The van der Waals surface area contributed by atoms with E-state index in [2.05, 4.69) is 8.85 Å². The van der Waals surface area contributed by atoms with Gasteiger partial charge in [-0.15, -0.1) is 0 Å². The van der Waals surface area contributed by atoms with E-state index in [1.807, 2.05) is 0 Å². The summed E-state index contributed by atoms with van der Waals surface area (Å²) in [6.45, 7) is 1.87. The molecule has 0 aromatic carbocycles. The summed E-state index contributed by atoms with van der Waals surface area (Å²) in [5, 5.41) is 0. The van der Waals surface area contributed by atoms with Crippen molar-refractivity contribution in [2.75, 3.05) is 13.2 Å². The Kier molecular flexibility index (Phi) is 8.16. The zero-order valence-corrected chi connectivity index (χ0v) is 15.2. The largest absolute Gasteiger partial charge is 0.512 e. The van der Waals surface area contributed by atoms with E-state index in [0.29, 0.717) is 0 Å². The SMILES string of the molecule is CCCO[SiH](OCCC)N(S(=O)(=O)C(F)(F)F)S(=O)(=O)C(F)(F)F. The van der Waals surface area contributed by atoms with Gasteiger partial charge in [0.15, 0.2) is 0 Å². The number of hydrogen-bond donors (Lipinski definition) is 0. The summed E-state index contributed by atoms with van der Waals surface area (Å²) in [7, 11) is -18.4. The van der Waals surface area contributed by atoms with Crippen molar-refractivity contribution in [2.45, 2.75) is 37.7 Å². The molecule has 0 atom stereocenters. The third kappa shape index (κ3) is 5.28. The first-order valence-electron chi connectivity index (χ1n) is 6.30. The summed E-state index contributed by atoms with van der Waals surface area (Å²) in [4.78, 5) is 0. The van der Waals surface area contributed by atoms with E-state index >= 15 is 0 Å². The van der Waals surface area contributed by atoms with Crippen molar-refractivity contribution < 1.29 is 52.0 Å². The lowest BCUT2D eigenvalue weighted by Gasteiger charge is -2.28. The van der Waals surface area contributed by atoms with Crippen molar-refractivity contribution in [2.24, 2.45) is 0 Å². The molecule has 0 aromatic heterocycles. The molecular formula is C8H15F6NO6S2Si. The molecule has 0 saturated heterocycles. The lowest BCUT2D eigenvalue weighted by Crippen LogP contribution is -2.58. The number of nitrogens with zero attached hydrogens (tertiary/aromatic N) is 1. The average Bonchev–Trinajstić information content (AvgIpc) is 2.38. The van der Waals surface area contributed by atoms with Crippen LogP contribution >= 0.6 is 0 Å². The molecule has 0 bridgehead atoms. The molecule has 0 aliphatic heterocycles. The summed E-state index contributed by atoms with van der Waals surface area (Å²) in [5.41, 5.74) is -12.6. The molecule has 0 heterocycles. The van der Waals surface area contributed by atoms with Crippen LogP contribution in [0.3, 0.4) is 0 Å². The number of halogens is 6. The van der Waals surface area contributed by atoms with Gasteiger partial charge in [-0.05, 0) is 12.8 Å². The van der Waals surface area contributed by atoms with Gasteiger partial charge in [-0.3, -0.25) is 0 Å². The molecule has 0 N–H and O–H groups in total. The van der Waals surface area contributed by atoms with Gasteiger partial charge in [0, 0.05) is 13.2 Å². The third-order valence-corrected chi connectivity index (χ3v) is 9.54. The second kappa shape index (κ2) is 8.30. The normalized spacial score (nSPS) is 14.6. The molecule has 24 heavy (non-hydrogen) atoms. The highest BCUT2D eigenvalue weighted by Gasteiger charge is 2.65. The molecule has 0 amide bonds. The first kappa shape index (κ1) is 23.6. The fourth-order valence-electron chi connectivity index (χ4n) is 1.17. The molecule has 7 nitrogen and oxygen atoms in total. The van der Waals surface area contributed by atoms with Gasteiger partial charge in [0.05, 0.1) is 0 Å². The Morgan fingerprint density at radius 2 is 1.08 bits per heavy atom. The maximum Gasteiger partial charge on any atom is 0.512 e. The monoisotopic (exact) mass is 427 g/mol. The summed E-state index contributed by atoms with van der Waals surface area (Å²) in [6.07, 6.45) is 0.149. The van der Waals surface area contributed by atoms with Crippen molar-refractivity contribution in [3.05, 3.63) is 0 Å². The van der Waals surface area contributed by atoms with Gasteiger partial charge >= 0.3 is 40.5 Å². The highest BCUT2D eigenvalue weighted by atomic mass is 32.3. The number of sulfonamides is 2. The Morgan fingerprint density at radius 1 is 0.792 bits per heavy atom. The maximum atomic E-state index is 12.7. The van der Waals surface area contributed by atoms with Gasteiger partial charge in [-0.1, -0.05) is 17.2 Å². The van der Waals surface area contributed by atoms with E-state index in [9.17, 15) is 43.2 Å². The van der Waals surface area contributed by atoms with E-state index < -0.39 is 57.1 Å². The van der Waals surface area contributed by atoms with Crippen LogP contribution in [-0.2, 0) is 28.9 Å². The minimum Gasteiger partial charge on any atom is -0.384 e. The molecule has 146 valence electrons. The molecule has 0 aromatic rings. The fraction of sp³-hybridized carbons (Fsp3) is 1.00. The number of rotatable bonds is 9. The molecule has 16 heteroatoms. The lowest BCUT2D eigenvalue weighted by molar-refractivity contribution is -0.0522. The van der Waals surface area contributed by atoms with Crippen LogP contribution in [0.15, 0.2) is 0 Å². The Bertz CT molecular complexity index is 552. The lowest BCUT2D eigenvalue weighted by atomic mass is 10.5. The second-order valence-corrected chi connectivity index (χ2v) is 10.6. The van der Waals surface area contributed by atoms with E-state index in [1.54, 1.807) is 0 Å². The highest BCUT2D eigenvalue weighted by molar-refractivity contribution is 8.06. The Hall–Kier alpha value is -0.423. The Balaban J connectivity index is 6.30. The maximum absolute atomic E-state index is 12.7. The van der Waals surface area contributed by atoms with Crippen LogP contribution in [0.5, 0.6) is 0 Å². The molecule has 0 aliphatic carbocycles. The van der Waals surface area contributed by atoms with Crippen LogP contribution in [0.4, 0.5) is 26.3 Å². The Morgan fingerprint density at radius 3 is 1.29 bits per heavy atom. The predicted molar refractivity (Wildman–Crippen MR) is 71.4 cm³/mol. The van der Waals surface area contributed by atoms with Gasteiger partial charge in [-0.2, -0.15) is 26.3 Å². The van der Waals surface area contributed by atoms with Gasteiger partial charge < -0.3 is 8.85 Å². The van der Waals surface area contributed by atoms with Crippen LogP contribution in [0, 0.1) is 0 Å². The molecule has 0 spiro atoms. The van der Waals surface area contributed by atoms with Gasteiger partial charge in [0.25, 0.3) is 0 Å². The second-order valence-electron chi connectivity index (χ2n) is 4.18. The van der Waals surface area contributed by atoms with Gasteiger partial charge in [-0.25, -0.2) is 16.8 Å². The van der Waals surface area contributed by atoms with E-state index in [-0.39, 0.29) is 12.8 Å². The molecule has 0 aliphatic rings. The molecule has 0 radical (unpaired) electrons. The highest BCUT2D eigenvalue weighted by Crippen LogP contribution is 2.36. The van der Waals surface area contributed by atoms with Crippen molar-refractivity contribution >= 4 is 29.5 Å². The predicted octanol–water partition coefficient (Wildman–Crippen LogP) is 1.56. The molecular weight excluding hydrogens is 412 g/mol. The zero-order chi connectivity index (χ0) is 19.4. The smallest absolute Gasteiger partial charge is 0.384 e. The van der Waals surface area contributed by atoms with E-state index in [4.69, 9.17) is 0 Å². The minimum absolute atomic E-state index is 0.0744. The topological polar surface area (TPSA) is 90.0 Å². The van der Waals surface area contributed by atoms with Gasteiger partial charge in [0.1, 0.15) is 0 Å². The fourth-order valence-corrected chi connectivity index (χ4v) is 7.59. The summed E-state index contributed by atoms with van der Waals surface area (Å²) < 4.78 is 129. The average molecular weight is 427 g/mol. The van der Waals surface area contributed by atoms with Crippen LogP contribution in [0.2, 0.25) is 0 Å². The van der Waals surface area contributed by atoms with Crippen molar-refractivity contribution in [1.82, 2.24) is 3.38 Å². The zero-order valence-electron chi connectivity index (χ0n) is 12.4. The van der Waals surface area contributed by atoms with Crippen LogP contribution in [0.1, 0.15) is 26.7 Å². The first-order chi connectivity index (χ1) is 10.6. The quantitative estimate of drug-likeness (QED) is 0.410. The van der Waals surface area contributed by atoms with Crippen molar-refractivity contribution in [3.8, 4) is 0 Å². The van der Waals surface area contributed by atoms with E-state index in [1.165, 1.54) is 13.8 Å². The summed E-state index contributed by atoms with van der Waals surface area (Å²) >= 11 is 0. The van der Waals surface area contributed by atoms with Gasteiger partial charge in [0.2, 0.25) is 0 Å². The summed E-state index contributed by atoms with van der Waals surface area (Å²) in [6, 6.07) is 0. The minimum atomic E-state index is -6.90. The van der Waals surface area contributed by atoms with Crippen molar-refractivity contribution in [3.63, 3.8) is 0 Å². The van der Waals surface area contributed by atoms with Crippen LogP contribution in [0.25, 0.3) is 0 Å². The first-order valence-corrected chi connectivity index (χ1v) is 10.6. The molecule has 0 saturated carbocycles. The Labute approximate surface area is 136 Å². The molecule has 0 fully saturated rings. The van der Waals surface area contributed by atoms with Crippen LogP contribution < -0.4 is 0 Å². The molecule has 0 rings (SSSR count). The van der Waals surface area contributed by atoms with E-state index in [0.717, 1.165) is 0 Å². The number of hydrogen-bond acceptors (Lipinski definition) is 6. The van der Waals surface area contributed by atoms with Crippen LogP contribution in [-0.4, -0.2) is 53.9 Å².